The predicted molar refractivity (Wildman–Crippen MR) is 68.8 cm³/mol. The molecule has 2 rings (SSSR count). The van der Waals surface area contributed by atoms with Gasteiger partial charge in [0.05, 0.1) is 13.2 Å². The summed E-state index contributed by atoms with van der Waals surface area (Å²) in [4.78, 5) is 7.96. The lowest BCUT2D eigenvalue weighted by Gasteiger charge is -2.09. The molecule has 0 unspecified atom stereocenters. The number of anilines is 2. The molecule has 0 aliphatic rings. The molecule has 5 nitrogen and oxygen atoms in total. The standard InChI is InChI=1S/C13H15N3O2/c1-2-18-12-5-3-11(4-6-12)16-13-10(8-17)7-14-9-15-13/h3-7,9,17H,2,8H2,1H3,(H,14,15,16). The zero-order valence-electron chi connectivity index (χ0n) is 10.1. The number of nitrogens with one attached hydrogen (secondary N) is 1. The monoisotopic (exact) mass is 245 g/mol. The molecule has 1 heterocycles. The highest BCUT2D eigenvalue weighted by molar-refractivity contribution is 5.59. The summed E-state index contributed by atoms with van der Waals surface area (Å²) in [5, 5.41) is 12.3. The second kappa shape index (κ2) is 5.97. The van der Waals surface area contributed by atoms with Gasteiger partial charge >= 0.3 is 0 Å². The molecule has 0 aliphatic carbocycles. The summed E-state index contributed by atoms with van der Waals surface area (Å²) >= 11 is 0. The minimum Gasteiger partial charge on any atom is -0.494 e. The zero-order valence-corrected chi connectivity index (χ0v) is 10.1. The second-order valence-electron chi connectivity index (χ2n) is 3.64. The van der Waals surface area contributed by atoms with Crippen LogP contribution in [0, 0.1) is 0 Å². The molecule has 0 bridgehead atoms. The molecule has 0 saturated carbocycles. The van der Waals surface area contributed by atoms with Gasteiger partial charge in [-0.25, -0.2) is 9.97 Å². The summed E-state index contributed by atoms with van der Waals surface area (Å²) in [5.74, 6) is 1.43. The molecule has 2 aromatic rings. The number of aliphatic hydroxyl groups excluding tert-OH is 1. The maximum atomic E-state index is 9.17. The highest BCUT2D eigenvalue weighted by Crippen LogP contribution is 2.20. The van der Waals surface area contributed by atoms with Crippen LogP contribution in [-0.4, -0.2) is 21.7 Å². The van der Waals surface area contributed by atoms with E-state index in [2.05, 4.69) is 15.3 Å². The molecule has 5 heteroatoms. The van der Waals surface area contributed by atoms with Crippen molar-refractivity contribution in [3.63, 3.8) is 0 Å². The van der Waals surface area contributed by atoms with Crippen molar-refractivity contribution in [3.05, 3.63) is 42.4 Å². The quantitative estimate of drug-likeness (QED) is 0.844. The summed E-state index contributed by atoms with van der Waals surface area (Å²) < 4.78 is 5.36. The van der Waals surface area contributed by atoms with E-state index in [9.17, 15) is 5.11 Å². The third kappa shape index (κ3) is 2.95. The molecule has 0 aliphatic heterocycles. The highest BCUT2D eigenvalue weighted by Gasteiger charge is 2.03. The van der Waals surface area contributed by atoms with Crippen LogP contribution in [0.1, 0.15) is 12.5 Å². The first kappa shape index (κ1) is 12.3. The van der Waals surface area contributed by atoms with Gasteiger partial charge < -0.3 is 15.2 Å². The SMILES string of the molecule is CCOc1ccc(Nc2ncncc2CO)cc1. The Labute approximate surface area is 105 Å². The van der Waals surface area contributed by atoms with Gasteiger partial charge in [0.2, 0.25) is 0 Å². The van der Waals surface area contributed by atoms with E-state index < -0.39 is 0 Å². The Balaban J connectivity index is 2.13. The summed E-state index contributed by atoms with van der Waals surface area (Å²) in [7, 11) is 0. The molecule has 0 atom stereocenters. The molecular weight excluding hydrogens is 230 g/mol. The molecule has 1 aromatic carbocycles. The maximum Gasteiger partial charge on any atom is 0.139 e. The van der Waals surface area contributed by atoms with E-state index >= 15 is 0 Å². The van der Waals surface area contributed by atoms with Crippen LogP contribution in [0.3, 0.4) is 0 Å². The first-order valence-corrected chi connectivity index (χ1v) is 5.73. The minimum absolute atomic E-state index is 0.0970. The van der Waals surface area contributed by atoms with Gasteiger partial charge in [0, 0.05) is 17.4 Å². The molecule has 94 valence electrons. The van der Waals surface area contributed by atoms with Gasteiger partial charge in [-0.15, -0.1) is 0 Å². The van der Waals surface area contributed by atoms with Crippen molar-refractivity contribution in [1.29, 1.82) is 0 Å². The lowest BCUT2D eigenvalue weighted by Crippen LogP contribution is -2.00. The molecule has 0 fully saturated rings. The minimum atomic E-state index is -0.0970. The smallest absolute Gasteiger partial charge is 0.139 e. The molecule has 2 N–H and O–H groups in total. The van der Waals surface area contributed by atoms with Crippen LogP contribution in [0.5, 0.6) is 5.75 Å². The van der Waals surface area contributed by atoms with Crippen LogP contribution in [-0.2, 0) is 6.61 Å². The van der Waals surface area contributed by atoms with Crippen LogP contribution in [0.4, 0.5) is 11.5 Å². The molecule has 0 spiro atoms. The van der Waals surface area contributed by atoms with Gasteiger partial charge in [-0.1, -0.05) is 0 Å². The van der Waals surface area contributed by atoms with E-state index in [1.54, 1.807) is 6.20 Å². The lowest BCUT2D eigenvalue weighted by atomic mass is 10.2. The van der Waals surface area contributed by atoms with Gasteiger partial charge in [0.1, 0.15) is 17.9 Å². The normalized spacial score (nSPS) is 10.1. The molecule has 0 amide bonds. The number of hydrogen-bond acceptors (Lipinski definition) is 5. The fourth-order valence-corrected chi connectivity index (χ4v) is 1.52. The number of ether oxygens (including phenoxy) is 1. The summed E-state index contributed by atoms with van der Waals surface area (Å²) in [6, 6.07) is 7.56. The molecule has 18 heavy (non-hydrogen) atoms. The first-order chi connectivity index (χ1) is 8.83. The Morgan fingerprint density at radius 1 is 1.28 bits per heavy atom. The van der Waals surface area contributed by atoms with Gasteiger partial charge in [0.25, 0.3) is 0 Å². The fourth-order valence-electron chi connectivity index (χ4n) is 1.52. The number of nitrogens with zero attached hydrogens (tertiary/aromatic N) is 2. The van der Waals surface area contributed by atoms with Gasteiger partial charge in [-0.3, -0.25) is 0 Å². The van der Waals surface area contributed by atoms with Gasteiger partial charge in [-0.2, -0.15) is 0 Å². The fraction of sp³-hybridized carbons (Fsp3) is 0.231. The maximum absolute atomic E-state index is 9.17. The average molecular weight is 245 g/mol. The van der Waals surface area contributed by atoms with Gasteiger partial charge in [-0.05, 0) is 31.2 Å². The molecule has 1 aromatic heterocycles. The zero-order chi connectivity index (χ0) is 12.8. The number of aromatic nitrogens is 2. The van der Waals surface area contributed by atoms with Crippen LogP contribution < -0.4 is 10.1 Å². The Bertz CT molecular complexity index is 500. The van der Waals surface area contributed by atoms with Crippen molar-refractivity contribution in [3.8, 4) is 5.75 Å². The Hall–Kier alpha value is -2.14. The van der Waals surface area contributed by atoms with Crippen molar-refractivity contribution in [2.75, 3.05) is 11.9 Å². The van der Waals surface area contributed by atoms with E-state index in [-0.39, 0.29) is 6.61 Å². The van der Waals surface area contributed by atoms with E-state index in [4.69, 9.17) is 4.74 Å². The predicted octanol–water partition coefficient (Wildman–Crippen LogP) is 2.11. The van der Waals surface area contributed by atoms with E-state index in [1.165, 1.54) is 6.33 Å². The number of rotatable bonds is 5. The van der Waals surface area contributed by atoms with Crippen molar-refractivity contribution in [2.24, 2.45) is 0 Å². The number of benzene rings is 1. The third-order valence-electron chi connectivity index (χ3n) is 2.39. The first-order valence-electron chi connectivity index (χ1n) is 5.73. The second-order valence-corrected chi connectivity index (χ2v) is 3.64. The summed E-state index contributed by atoms with van der Waals surface area (Å²) in [6.07, 6.45) is 3.03. The van der Waals surface area contributed by atoms with Crippen molar-refractivity contribution in [1.82, 2.24) is 9.97 Å². The largest absolute Gasteiger partial charge is 0.494 e. The van der Waals surface area contributed by atoms with Crippen LogP contribution >= 0.6 is 0 Å². The third-order valence-corrected chi connectivity index (χ3v) is 2.39. The lowest BCUT2D eigenvalue weighted by molar-refractivity contribution is 0.281. The molecule has 0 saturated heterocycles. The van der Waals surface area contributed by atoms with E-state index in [0.717, 1.165) is 11.4 Å². The average Bonchev–Trinajstić information content (AvgIpc) is 2.42. The topological polar surface area (TPSA) is 67.3 Å². The Morgan fingerprint density at radius 2 is 2.06 bits per heavy atom. The van der Waals surface area contributed by atoms with Crippen molar-refractivity contribution in [2.45, 2.75) is 13.5 Å². The summed E-state index contributed by atoms with van der Waals surface area (Å²) in [5.41, 5.74) is 1.54. The van der Waals surface area contributed by atoms with Crippen molar-refractivity contribution >= 4 is 11.5 Å². The number of hydrogen-bond donors (Lipinski definition) is 2. The summed E-state index contributed by atoms with van der Waals surface area (Å²) in [6.45, 7) is 2.49. The molecule has 0 radical (unpaired) electrons. The highest BCUT2D eigenvalue weighted by atomic mass is 16.5. The van der Waals surface area contributed by atoms with E-state index in [1.807, 2.05) is 31.2 Å². The molecular formula is C13H15N3O2. The van der Waals surface area contributed by atoms with Crippen LogP contribution in [0.25, 0.3) is 0 Å². The van der Waals surface area contributed by atoms with Crippen LogP contribution in [0.2, 0.25) is 0 Å². The van der Waals surface area contributed by atoms with Gasteiger partial charge in [0.15, 0.2) is 0 Å². The number of aliphatic hydroxyl groups is 1. The van der Waals surface area contributed by atoms with E-state index in [0.29, 0.717) is 18.0 Å². The Morgan fingerprint density at radius 3 is 2.72 bits per heavy atom. The van der Waals surface area contributed by atoms with Crippen molar-refractivity contribution < 1.29 is 9.84 Å². The van der Waals surface area contributed by atoms with Crippen LogP contribution in [0.15, 0.2) is 36.8 Å². The Kier molecular flexibility index (Phi) is 4.09.